The van der Waals surface area contributed by atoms with Crippen molar-refractivity contribution < 1.29 is 4.79 Å². The van der Waals surface area contributed by atoms with Crippen molar-refractivity contribution in [3.05, 3.63) is 0 Å². The molecule has 1 aliphatic rings. The maximum Gasteiger partial charge on any atom is 0.236 e. The monoisotopic (exact) mass is 240 g/mol. The molecule has 1 amide bonds. The van der Waals surface area contributed by atoms with Gasteiger partial charge in [0.2, 0.25) is 5.91 Å². The van der Waals surface area contributed by atoms with Crippen molar-refractivity contribution in [1.82, 2.24) is 5.32 Å². The van der Waals surface area contributed by atoms with Crippen molar-refractivity contribution in [2.75, 3.05) is 0 Å². The summed E-state index contributed by atoms with van der Waals surface area (Å²) >= 11 is 0. The quantitative estimate of drug-likeness (QED) is 0.793. The highest BCUT2D eigenvalue weighted by molar-refractivity contribution is 5.81. The molecular weight excluding hydrogens is 212 g/mol. The van der Waals surface area contributed by atoms with Crippen molar-refractivity contribution in [3.63, 3.8) is 0 Å². The van der Waals surface area contributed by atoms with E-state index in [1.807, 2.05) is 0 Å². The number of rotatable bonds is 4. The van der Waals surface area contributed by atoms with Crippen LogP contribution in [0.3, 0.4) is 0 Å². The predicted octanol–water partition coefficient (Wildman–Crippen LogP) is 2.44. The zero-order chi connectivity index (χ0) is 13.1. The van der Waals surface area contributed by atoms with Crippen molar-refractivity contribution in [2.45, 2.75) is 71.9 Å². The van der Waals surface area contributed by atoms with Gasteiger partial charge in [-0.25, -0.2) is 0 Å². The topological polar surface area (TPSA) is 55.1 Å². The van der Waals surface area contributed by atoms with E-state index < -0.39 is 0 Å². The third-order valence-corrected chi connectivity index (χ3v) is 4.50. The van der Waals surface area contributed by atoms with Crippen molar-refractivity contribution in [1.29, 1.82) is 0 Å². The first-order valence-electron chi connectivity index (χ1n) is 6.92. The fraction of sp³-hybridized carbons (Fsp3) is 0.929. The Labute approximate surface area is 106 Å². The molecule has 0 bridgehead atoms. The van der Waals surface area contributed by atoms with Crippen LogP contribution in [0.5, 0.6) is 0 Å². The highest BCUT2D eigenvalue weighted by Gasteiger charge is 2.32. The molecule has 1 rings (SSSR count). The SMILES string of the molecule is CCC(C)(C)C1CCC(NC(=O)[C@H](C)N)CC1. The zero-order valence-electron chi connectivity index (χ0n) is 11.8. The maximum atomic E-state index is 11.5. The molecular formula is C14H28N2O. The van der Waals surface area contributed by atoms with Crippen LogP contribution in [-0.2, 0) is 4.79 Å². The summed E-state index contributed by atoms with van der Waals surface area (Å²) in [5, 5.41) is 3.04. The van der Waals surface area contributed by atoms with E-state index in [1.165, 1.54) is 19.3 Å². The van der Waals surface area contributed by atoms with Gasteiger partial charge in [-0.05, 0) is 43.9 Å². The van der Waals surface area contributed by atoms with Crippen LogP contribution in [0.1, 0.15) is 59.8 Å². The molecule has 3 N–H and O–H groups in total. The standard InChI is InChI=1S/C14H28N2O/c1-5-14(3,4)11-6-8-12(9-7-11)16-13(17)10(2)15/h10-12H,5-9,15H2,1-4H3,(H,16,17)/t10-,11?,12?/m0/s1. The largest absolute Gasteiger partial charge is 0.352 e. The summed E-state index contributed by atoms with van der Waals surface area (Å²) < 4.78 is 0. The molecule has 0 aromatic rings. The van der Waals surface area contributed by atoms with Gasteiger partial charge in [0.1, 0.15) is 0 Å². The number of amides is 1. The van der Waals surface area contributed by atoms with Crippen molar-refractivity contribution in [2.24, 2.45) is 17.1 Å². The molecule has 3 nitrogen and oxygen atoms in total. The lowest BCUT2D eigenvalue weighted by Crippen LogP contribution is -2.45. The average molecular weight is 240 g/mol. The van der Waals surface area contributed by atoms with E-state index >= 15 is 0 Å². The van der Waals surface area contributed by atoms with Gasteiger partial charge in [-0.15, -0.1) is 0 Å². The third kappa shape index (κ3) is 3.98. The maximum absolute atomic E-state index is 11.5. The highest BCUT2D eigenvalue weighted by Crippen LogP contribution is 2.40. The fourth-order valence-corrected chi connectivity index (χ4v) is 2.64. The Morgan fingerprint density at radius 3 is 2.29 bits per heavy atom. The molecule has 0 saturated heterocycles. The molecule has 0 aliphatic heterocycles. The molecule has 0 aromatic carbocycles. The summed E-state index contributed by atoms with van der Waals surface area (Å²) in [6, 6.07) is -0.0442. The Hall–Kier alpha value is -0.570. The van der Waals surface area contributed by atoms with Crippen LogP contribution in [-0.4, -0.2) is 18.0 Å². The Morgan fingerprint density at radius 2 is 1.88 bits per heavy atom. The number of carbonyl (C=O) groups excluding carboxylic acids is 1. The minimum atomic E-state index is -0.389. The van der Waals surface area contributed by atoms with Crippen LogP contribution in [0.4, 0.5) is 0 Å². The van der Waals surface area contributed by atoms with Gasteiger partial charge in [-0.2, -0.15) is 0 Å². The second-order valence-electron chi connectivity index (χ2n) is 6.19. The van der Waals surface area contributed by atoms with Crippen LogP contribution in [0.25, 0.3) is 0 Å². The Morgan fingerprint density at radius 1 is 1.35 bits per heavy atom. The van der Waals surface area contributed by atoms with Gasteiger partial charge in [-0.3, -0.25) is 4.79 Å². The average Bonchev–Trinajstić information content (AvgIpc) is 2.29. The molecule has 1 aliphatic carbocycles. The van der Waals surface area contributed by atoms with Crippen LogP contribution < -0.4 is 11.1 Å². The Balaban J connectivity index is 2.38. The summed E-state index contributed by atoms with van der Waals surface area (Å²) in [6.45, 7) is 8.72. The molecule has 0 unspecified atom stereocenters. The van der Waals surface area contributed by atoms with Crippen molar-refractivity contribution in [3.8, 4) is 0 Å². The van der Waals surface area contributed by atoms with Gasteiger partial charge < -0.3 is 11.1 Å². The van der Waals surface area contributed by atoms with E-state index in [9.17, 15) is 4.79 Å². The molecule has 0 spiro atoms. The molecule has 1 fully saturated rings. The number of hydrogen-bond acceptors (Lipinski definition) is 2. The molecule has 0 radical (unpaired) electrons. The van der Waals surface area contributed by atoms with Crippen LogP contribution >= 0.6 is 0 Å². The van der Waals surface area contributed by atoms with Crippen molar-refractivity contribution >= 4 is 5.91 Å². The van der Waals surface area contributed by atoms with E-state index in [-0.39, 0.29) is 11.9 Å². The third-order valence-electron chi connectivity index (χ3n) is 4.50. The minimum Gasteiger partial charge on any atom is -0.352 e. The fourth-order valence-electron chi connectivity index (χ4n) is 2.64. The number of carbonyl (C=O) groups is 1. The number of nitrogens with one attached hydrogen (secondary N) is 1. The molecule has 3 heteroatoms. The van der Waals surface area contributed by atoms with E-state index in [0.29, 0.717) is 11.5 Å². The predicted molar refractivity (Wildman–Crippen MR) is 71.6 cm³/mol. The lowest BCUT2D eigenvalue weighted by Gasteiger charge is -2.39. The second-order valence-corrected chi connectivity index (χ2v) is 6.19. The summed E-state index contributed by atoms with van der Waals surface area (Å²) in [5.41, 5.74) is 6.00. The van der Waals surface area contributed by atoms with Crippen LogP contribution in [0.15, 0.2) is 0 Å². The first kappa shape index (κ1) is 14.5. The number of nitrogens with two attached hydrogens (primary N) is 1. The van der Waals surface area contributed by atoms with Gasteiger partial charge in [0.15, 0.2) is 0 Å². The summed E-state index contributed by atoms with van der Waals surface area (Å²) in [5.74, 6) is 0.791. The zero-order valence-corrected chi connectivity index (χ0v) is 11.8. The summed E-state index contributed by atoms with van der Waals surface area (Å²) in [7, 11) is 0. The van der Waals surface area contributed by atoms with E-state index in [2.05, 4.69) is 26.1 Å². The van der Waals surface area contributed by atoms with Gasteiger partial charge in [0, 0.05) is 6.04 Å². The van der Waals surface area contributed by atoms with Crippen LogP contribution in [0, 0.1) is 11.3 Å². The molecule has 17 heavy (non-hydrogen) atoms. The van der Waals surface area contributed by atoms with Gasteiger partial charge >= 0.3 is 0 Å². The molecule has 1 atom stereocenters. The molecule has 1 saturated carbocycles. The van der Waals surface area contributed by atoms with E-state index in [1.54, 1.807) is 6.92 Å². The highest BCUT2D eigenvalue weighted by atomic mass is 16.2. The first-order valence-corrected chi connectivity index (χ1v) is 6.92. The number of hydrogen-bond donors (Lipinski definition) is 2. The van der Waals surface area contributed by atoms with Gasteiger partial charge in [-0.1, -0.05) is 27.2 Å². The summed E-state index contributed by atoms with van der Waals surface area (Å²) in [6.07, 6.45) is 5.89. The smallest absolute Gasteiger partial charge is 0.236 e. The summed E-state index contributed by atoms with van der Waals surface area (Å²) in [4.78, 5) is 11.5. The Bertz CT molecular complexity index is 253. The minimum absolute atomic E-state index is 0.0109. The lowest BCUT2D eigenvalue weighted by molar-refractivity contribution is -0.123. The lowest BCUT2D eigenvalue weighted by atomic mass is 9.69. The van der Waals surface area contributed by atoms with E-state index in [0.717, 1.165) is 18.8 Å². The van der Waals surface area contributed by atoms with Gasteiger partial charge in [0.25, 0.3) is 0 Å². The van der Waals surface area contributed by atoms with Gasteiger partial charge in [0.05, 0.1) is 6.04 Å². The molecule has 0 heterocycles. The molecule has 0 aromatic heterocycles. The normalized spacial score (nSPS) is 27.6. The first-order chi connectivity index (χ1) is 7.86. The molecule has 100 valence electrons. The van der Waals surface area contributed by atoms with Crippen LogP contribution in [0.2, 0.25) is 0 Å². The Kier molecular flexibility index (Phi) is 4.99. The second kappa shape index (κ2) is 5.85. The van der Waals surface area contributed by atoms with E-state index in [4.69, 9.17) is 5.73 Å².